The lowest BCUT2D eigenvalue weighted by Gasteiger charge is -2.23. The molecular formula is C11H16N4O3. The third-order valence-electron chi connectivity index (χ3n) is 3.00. The number of carbonyl (C=O) groups excluding carboxylic acids is 1. The molecule has 2 heterocycles. The molecule has 2 N–H and O–H groups in total. The Morgan fingerprint density at radius 3 is 3.00 bits per heavy atom. The van der Waals surface area contributed by atoms with E-state index in [1.165, 1.54) is 0 Å². The molecule has 2 rings (SSSR count). The van der Waals surface area contributed by atoms with E-state index in [0.29, 0.717) is 12.2 Å². The van der Waals surface area contributed by atoms with Gasteiger partial charge in [0.1, 0.15) is 0 Å². The van der Waals surface area contributed by atoms with Crippen LogP contribution in [-0.4, -0.2) is 44.4 Å². The lowest BCUT2D eigenvalue weighted by Crippen LogP contribution is -2.39. The zero-order chi connectivity index (χ0) is 13.1. The number of aromatic nitrogens is 2. The maximum atomic E-state index is 12.0. The Balaban J connectivity index is 1.97. The van der Waals surface area contributed by atoms with E-state index in [1.54, 1.807) is 29.0 Å². The van der Waals surface area contributed by atoms with Crippen molar-refractivity contribution in [2.24, 2.45) is 7.05 Å². The lowest BCUT2D eigenvalue weighted by molar-refractivity contribution is -0.137. The summed E-state index contributed by atoms with van der Waals surface area (Å²) in [5, 5.41) is 15.5. The SMILES string of the molecule is Cn1cc(NC(=O)N2CCCC2CC(=O)O)cn1. The molecule has 1 aromatic rings. The highest BCUT2D eigenvalue weighted by atomic mass is 16.4. The highest BCUT2D eigenvalue weighted by Crippen LogP contribution is 2.21. The molecule has 0 radical (unpaired) electrons. The van der Waals surface area contributed by atoms with Gasteiger partial charge in [0.2, 0.25) is 0 Å². The van der Waals surface area contributed by atoms with E-state index in [-0.39, 0.29) is 18.5 Å². The van der Waals surface area contributed by atoms with E-state index in [1.807, 2.05) is 0 Å². The Hall–Kier alpha value is -2.05. The number of nitrogens with zero attached hydrogens (tertiary/aromatic N) is 3. The minimum atomic E-state index is -0.874. The Labute approximate surface area is 104 Å². The Kier molecular flexibility index (Phi) is 3.50. The summed E-state index contributed by atoms with van der Waals surface area (Å²) in [7, 11) is 1.76. The largest absolute Gasteiger partial charge is 0.481 e. The van der Waals surface area contributed by atoms with E-state index in [4.69, 9.17) is 5.11 Å². The Bertz CT molecular complexity index is 457. The van der Waals surface area contributed by atoms with Crippen molar-refractivity contribution in [3.63, 3.8) is 0 Å². The highest BCUT2D eigenvalue weighted by molar-refractivity contribution is 5.89. The summed E-state index contributed by atoms with van der Waals surface area (Å²) in [6, 6.07) is -0.467. The van der Waals surface area contributed by atoms with Crippen LogP contribution in [0.5, 0.6) is 0 Å². The van der Waals surface area contributed by atoms with Gasteiger partial charge in [-0.25, -0.2) is 4.79 Å². The second-order valence-electron chi connectivity index (χ2n) is 4.42. The summed E-state index contributed by atoms with van der Waals surface area (Å²) in [6.45, 7) is 0.601. The van der Waals surface area contributed by atoms with E-state index in [0.717, 1.165) is 12.8 Å². The van der Waals surface area contributed by atoms with Crippen molar-refractivity contribution in [2.75, 3.05) is 11.9 Å². The maximum absolute atomic E-state index is 12.0. The van der Waals surface area contributed by atoms with Gasteiger partial charge in [0.25, 0.3) is 0 Å². The van der Waals surface area contributed by atoms with Gasteiger partial charge in [-0.2, -0.15) is 5.10 Å². The molecule has 0 aliphatic carbocycles. The number of hydrogen-bond donors (Lipinski definition) is 2. The number of carboxylic acids is 1. The van der Waals surface area contributed by atoms with Crippen molar-refractivity contribution in [3.8, 4) is 0 Å². The molecule has 1 aliphatic rings. The van der Waals surface area contributed by atoms with E-state index in [2.05, 4.69) is 10.4 Å². The number of nitrogens with one attached hydrogen (secondary N) is 1. The van der Waals surface area contributed by atoms with Crippen LogP contribution < -0.4 is 5.32 Å². The van der Waals surface area contributed by atoms with Crippen molar-refractivity contribution >= 4 is 17.7 Å². The molecule has 18 heavy (non-hydrogen) atoms. The van der Waals surface area contributed by atoms with Crippen LogP contribution in [0.15, 0.2) is 12.4 Å². The van der Waals surface area contributed by atoms with Crippen LogP contribution >= 0.6 is 0 Å². The van der Waals surface area contributed by atoms with Crippen molar-refractivity contribution in [1.29, 1.82) is 0 Å². The lowest BCUT2D eigenvalue weighted by atomic mass is 10.1. The topological polar surface area (TPSA) is 87.5 Å². The molecule has 1 atom stereocenters. The van der Waals surface area contributed by atoms with Crippen molar-refractivity contribution in [3.05, 3.63) is 12.4 Å². The number of amides is 2. The van der Waals surface area contributed by atoms with Gasteiger partial charge >= 0.3 is 12.0 Å². The van der Waals surface area contributed by atoms with Crippen LogP contribution in [0.1, 0.15) is 19.3 Å². The number of urea groups is 1. The number of likely N-dealkylation sites (tertiary alicyclic amines) is 1. The predicted molar refractivity (Wildman–Crippen MR) is 64.2 cm³/mol. The third-order valence-corrected chi connectivity index (χ3v) is 3.00. The number of aliphatic carboxylic acids is 1. The quantitative estimate of drug-likeness (QED) is 0.836. The van der Waals surface area contributed by atoms with Crippen LogP contribution in [-0.2, 0) is 11.8 Å². The number of rotatable bonds is 3. The molecule has 0 saturated carbocycles. The monoisotopic (exact) mass is 252 g/mol. The number of aryl methyl sites for hydroxylation is 1. The van der Waals surface area contributed by atoms with Crippen molar-refractivity contribution < 1.29 is 14.7 Å². The smallest absolute Gasteiger partial charge is 0.322 e. The minimum absolute atomic E-state index is 0.000456. The average Bonchev–Trinajstić information content (AvgIpc) is 2.87. The van der Waals surface area contributed by atoms with E-state index >= 15 is 0 Å². The first-order valence-electron chi connectivity index (χ1n) is 5.84. The fourth-order valence-electron chi connectivity index (χ4n) is 2.20. The summed E-state index contributed by atoms with van der Waals surface area (Å²) in [4.78, 5) is 24.3. The Morgan fingerprint density at radius 2 is 2.39 bits per heavy atom. The van der Waals surface area contributed by atoms with Crippen LogP contribution in [0, 0.1) is 0 Å². The molecule has 0 bridgehead atoms. The first kappa shape index (κ1) is 12.4. The van der Waals surface area contributed by atoms with Crippen LogP contribution in [0.2, 0.25) is 0 Å². The number of anilines is 1. The molecule has 1 aromatic heterocycles. The summed E-state index contributed by atoms with van der Waals surface area (Å²) in [5.74, 6) is -0.874. The normalized spacial score (nSPS) is 18.9. The van der Waals surface area contributed by atoms with Gasteiger partial charge in [-0.3, -0.25) is 9.48 Å². The second-order valence-corrected chi connectivity index (χ2v) is 4.42. The maximum Gasteiger partial charge on any atom is 0.322 e. The molecule has 98 valence electrons. The van der Waals surface area contributed by atoms with Crippen LogP contribution in [0.25, 0.3) is 0 Å². The fourth-order valence-corrected chi connectivity index (χ4v) is 2.20. The summed E-state index contributed by atoms with van der Waals surface area (Å²) in [6.07, 6.45) is 4.84. The van der Waals surface area contributed by atoms with Crippen molar-refractivity contribution in [2.45, 2.75) is 25.3 Å². The molecule has 1 saturated heterocycles. The molecule has 7 heteroatoms. The number of hydrogen-bond acceptors (Lipinski definition) is 3. The zero-order valence-electron chi connectivity index (χ0n) is 10.2. The fraction of sp³-hybridized carbons (Fsp3) is 0.545. The number of carbonyl (C=O) groups is 2. The van der Waals surface area contributed by atoms with Gasteiger partial charge in [0.15, 0.2) is 0 Å². The Morgan fingerprint density at radius 1 is 1.61 bits per heavy atom. The van der Waals surface area contributed by atoms with Gasteiger partial charge in [-0.1, -0.05) is 0 Å². The first-order chi connectivity index (χ1) is 8.56. The van der Waals surface area contributed by atoms with Gasteiger partial charge < -0.3 is 15.3 Å². The van der Waals surface area contributed by atoms with Gasteiger partial charge in [-0.15, -0.1) is 0 Å². The molecule has 0 aromatic carbocycles. The molecular weight excluding hydrogens is 236 g/mol. The minimum Gasteiger partial charge on any atom is -0.481 e. The molecule has 2 amide bonds. The standard InChI is InChI=1S/C11H16N4O3/c1-14-7-8(6-12-14)13-11(18)15-4-2-3-9(15)5-10(16)17/h6-7,9H,2-5H2,1H3,(H,13,18)(H,16,17). The van der Waals surface area contributed by atoms with Crippen LogP contribution in [0.3, 0.4) is 0 Å². The van der Waals surface area contributed by atoms with Gasteiger partial charge in [0, 0.05) is 25.8 Å². The molecule has 1 fully saturated rings. The van der Waals surface area contributed by atoms with Crippen molar-refractivity contribution in [1.82, 2.24) is 14.7 Å². The number of carboxylic acid groups (broad SMARTS) is 1. The summed E-state index contributed by atoms with van der Waals surface area (Å²) >= 11 is 0. The van der Waals surface area contributed by atoms with Crippen LogP contribution in [0.4, 0.5) is 10.5 Å². The summed E-state index contributed by atoms with van der Waals surface area (Å²) in [5.41, 5.74) is 0.614. The molecule has 1 unspecified atom stereocenters. The first-order valence-corrected chi connectivity index (χ1v) is 5.84. The average molecular weight is 252 g/mol. The molecule has 1 aliphatic heterocycles. The second kappa shape index (κ2) is 5.07. The van der Waals surface area contributed by atoms with Gasteiger partial charge in [0.05, 0.1) is 18.3 Å². The summed E-state index contributed by atoms with van der Waals surface area (Å²) < 4.78 is 1.59. The molecule has 7 nitrogen and oxygen atoms in total. The predicted octanol–water partition coefficient (Wildman–Crippen LogP) is 0.891. The highest BCUT2D eigenvalue weighted by Gasteiger charge is 2.30. The molecule has 0 spiro atoms. The van der Waals surface area contributed by atoms with Gasteiger partial charge in [-0.05, 0) is 12.8 Å². The van der Waals surface area contributed by atoms with E-state index in [9.17, 15) is 9.59 Å². The van der Waals surface area contributed by atoms with E-state index < -0.39 is 5.97 Å². The third kappa shape index (κ3) is 2.79. The zero-order valence-corrected chi connectivity index (χ0v) is 10.2.